The molecule has 0 aromatic carbocycles. The van der Waals surface area contributed by atoms with E-state index in [4.69, 9.17) is 0 Å². The van der Waals surface area contributed by atoms with Crippen molar-refractivity contribution in [3.63, 3.8) is 0 Å². The second-order valence-corrected chi connectivity index (χ2v) is 46.6. The van der Waals surface area contributed by atoms with Gasteiger partial charge in [0, 0.05) is 114 Å². The zero-order valence-electron chi connectivity index (χ0n) is 39.9. The van der Waals surface area contributed by atoms with Gasteiger partial charge in [0.1, 0.15) is 22.8 Å². The van der Waals surface area contributed by atoms with Crippen molar-refractivity contribution in [3.05, 3.63) is 191 Å². The predicted octanol–water partition coefficient (Wildman–Crippen LogP) is 5.31. The van der Waals surface area contributed by atoms with Crippen LogP contribution in [0.2, 0.25) is 0 Å². The van der Waals surface area contributed by atoms with Crippen molar-refractivity contribution in [2.75, 3.05) is 0 Å². The maximum Gasteiger partial charge on any atom is 0 e. The van der Waals surface area contributed by atoms with Crippen molar-refractivity contribution in [3.8, 4) is 45.6 Å². The molecule has 0 aliphatic carbocycles. The van der Waals surface area contributed by atoms with Gasteiger partial charge in [0.2, 0.25) is 22.8 Å². The van der Waals surface area contributed by atoms with Gasteiger partial charge < -0.3 is 43.8 Å². The van der Waals surface area contributed by atoms with E-state index in [1.165, 1.54) is 44.5 Å². The molecule has 8 heterocycles. The average molecular weight is 2000 g/mol. The minimum atomic E-state index is 0. The molecule has 4 N–H and O–H groups in total. The molecule has 402 valence electrons. The fourth-order valence-electron chi connectivity index (χ4n) is 5.65. The van der Waals surface area contributed by atoms with Gasteiger partial charge in [-0.15, -0.1) is 0 Å². The number of hydrogen-bond donors (Lipinski definition) is 0. The molecule has 0 saturated heterocycles. The zero-order valence-corrected chi connectivity index (χ0v) is 58.3. The molecule has 0 aliphatic rings. The van der Waals surface area contributed by atoms with E-state index in [1.807, 2.05) is 98.1 Å². The summed E-state index contributed by atoms with van der Waals surface area (Å²) in [6, 6.07) is 32.9. The van der Waals surface area contributed by atoms with Gasteiger partial charge in [-0.3, -0.25) is 0 Å². The maximum absolute atomic E-state index is 4.32. The Kier molecular flexibility index (Phi) is 61.1. The molecule has 72 heavy (non-hydrogen) atoms. The molecule has 0 fully saturated rings. The molecule has 0 saturated carbocycles. The summed E-state index contributed by atoms with van der Waals surface area (Å²) in [5, 5.41) is 0. The van der Waals surface area contributed by atoms with Crippen molar-refractivity contribution in [1.82, 2.24) is 19.9 Å². The van der Waals surface area contributed by atoms with Crippen LogP contribution in [-0.2, 0) is 84.7 Å². The Morgan fingerprint density at radius 2 is 0.444 bits per heavy atom. The number of nitrogens with zero attached hydrogens (tertiary/aromatic N) is 4. The van der Waals surface area contributed by atoms with Crippen LogP contribution in [0, 0.1) is 55.4 Å². The second-order valence-electron chi connectivity index (χ2n) is 14.1. The SMILES string of the molecule is Cc1ccnc(-c2cc(C)cc[nH+]2)c1.Cc1ccnc(-c2cc(C)cc[nH+]2)c1.Cc1ccnc(-c2cc(C)cc[nH+]2)c1.Cc1ccnc(-c2cc(C)cc[nH+]2)c1.I[I-]I.I[I-]I.[O-2].[O-2].[O-2].[O-2].[O-2].[O-2].[O-2].[O-2].[Re].[Re]. The zero-order chi connectivity index (χ0) is 45.3. The summed E-state index contributed by atoms with van der Waals surface area (Å²) in [4.78, 5) is 30.0. The normalized spacial score (nSPS) is 8.50. The molecule has 0 spiro atoms. The summed E-state index contributed by atoms with van der Waals surface area (Å²) < 4.78 is 0. The molecule has 8 rings (SSSR count). The van der Waals surface area contributed by atoms with Gasteiger partial charge in [0.25, 0.3) is 0 Å². The van der Waals surface area contributed by atoms with Crippen molar-refractivity contribution >= 4 is 74.5 Å². The van der Waals surface area contributed by atoms with E-state index in [0.29, 0.717) is 26.5 Å². The predicted molar refractivity (Wildman–Crippen MR) is 284 cm³/mol. The van der Waals surface area contributed by atoms with Gasteiger partial charge in [-0.25, -0.2) is 39.9 Å². The van der Waals surface area contributed by atoms with Gasteiger partial charge in [0.15, 0.2) is 24.8 Å². The second kappa shape index (κ2) is 50.4. The van der Waals surface area contributed by atoms with Gasteiger partial charge in [-0.2, -0.15) is 0 Å². The molecule has 0 aliphatic heterocycles. The molecule has 8 aromatic rings. The first-order valence-electron chi connectivity index (χ1n) is 19.2. The maximum atomic E-state index is 4.32. The third-order valence-electron chi connectivity index (χ3n) is 8.59. The van der Waals surface area contributed by atoms with E-state index >= 15 is 0 Å². The largest absolute Gasteiger partial charge is 2.00 e. The van der Waals surface area contributed by atoms with Crippen LogP contribution in [0.25, 0.3) is 45.6 Å². The smallest absolute Gasteiger partial charge is 0 e. The van der Waals surface area contributed by atoms with Crippen LogP contribution in [0.15, 0.2) is 147 Å². The summed E-state index contributed by atoms with van der Waals surface area (Å²) in [5.74, 6) is 0. The summed E-state index contributed by atoms with van der Waals surface area (Å²) in [6.07, 6.45) is 15.1. The topological polar surface area (TPSA) is 336 Å². The molecule has 16 nitrogen and oxygen atoms in total. The number of aromatic nitrogens is 8. The first-order valence-corrected chi connectivity index (χ1v) is 44.4. The molecule has 0 amide bonds. The quantitative estimate of drug-likeness (QED) is 0.211. The van der Waals surface area contributed by atoms with E-state index in [9.17, 15) is 0 Å². The number of halogens is 6. The fraction of sp³-hybridized carbons (Fsp3) is 0.167. The van der Waals surface area contributed by atoms with Crippen LogP contribution in [0.3, 0.4) is 0 Å². The van der Waals surface area contributed by atoms with Gasteiger partial charge in [-0.1, -0.05) is 0 Å². The third kappa shape index (κ3) is 35.0. The van der Waals surface area contributed by atoms with Crippen LogP contribution in [0.4, 0.5) is 0 Å². The molecule has 0 bridgehead atoms. The number of aryl methyl sites for hydroxylation is 8. The van der Waals surface area contributed by atoms with E-state index < -0.39 is 0 Å². The van der Waals surface area contributed by atoms with Gasteiger partial charge in [-0.05, 0) is 148 Å². The van der Waals surface area contributed by atoms with E-state index in [2.05, 4.69) is 218 Å². The summed E-state index contributed by atoms with van der Waals surface area (Å²) in [5.41, 5.74) is 18.1. The Balaban J connectivity index is -0.000000117. The number of nitrogens with one attached hydrogen (secondary N) is 4. The van der Waals surface area contributed by atoms with Crippen molar-refractivity contribution in [2.45, 2.75) is 55.4 Å². The van der Waals surface area contributed by atoms with Crippen LogP contribution in [0.5, 0.6) is 0 Å². The van der Waals surface area contributed by atoms with Crippen molar-refractivity contribution in [1.29, 1.82) is 0 Å². The Labute approximate surface area is 510 Å². The monoisotopic (exact) mass is 2000 g/mol. The standard InChI is InChI=1S/4C12H12N2.2I3.8O.2Re/c4*1-9-3-5-13-11(7-9)12-8-10(2)4-6-14-12;2*1-3-2;;;;;;;;;;/h4*3-8H,1-2H3;;;;;;;;;;;;/q;;;;2*-1;8*-2;;/p+4. The Morgan fingerprint density at radius 1 is 0.292 bits per heavy atom. The fourth-order valence-corrected chi connectivity index (χ4v) is 5.65. The number of H-pyrrole nitrogens is 4. The van der Waals surface area contributed by atoms with Crippen LogP contribution in [-0.4, -0.2) is 19.9 Å². The molecular weight excluding hydrogens is 1950 g/mol. The Bertz CT molecular complexity index is 2080. The number of pyridine rings is 8. The van der Waals surface area contributed by atoms with Gasteiger partial charge >= 0.3 is 101 Å². The molecule has 0 unspecified atom stereocenters. The van der Waals surface area contributed by atoms with E-state index in [-0.39, 0.29) is 84.7 Å². The summed E-state index contributed by atoms with van der Waals surface area (Å²) in [6.45, 7) is 16.6. The number of rotatable bonds is 4. The van der Waals surface area contributed by atoms with Crippen LogP contribution < -0.4 is 46.4 Å². The van der Waals surface area contributed by atoms with E-state index in [0.717, 1.165) is 45.6 Å². The molecule has 2 radical (unpaired) electrons. The Morgan fingerprint density at radius 3 is 0.583 bits per heavy atom. The van der Waals surface area contributed by atoms with E-state index in [1.54, 1.807) is 0 Å². The van der Waals surface area contributed by atoms with Crippen LogP contribution in [0.1, 0.15) is 44.5 Å². The Hall–Kier alpha value is -1.42. The number of hydrogen-bond acceptors (Lipinski definition) is 4. The average Bonchev–Trinajstić information content (AvgIpc) is 3.25. The summed E-state index contributed by atoms with van der Waals surface area (Å²) >= 11 is 10.6. The van der Waals surface area contributed by atoms with Crippen molar-refractivity contribution in [2.24, 2.45) is 0 Å². The molecule has 24 heteroatoms. The van der Waals surface area contributed by atoms with Gasteiger partial charge in [0.05, 0.1) is 0 Å². The summed E-state index contributed by atoms with van der Waals surface area (Å²) in [7, 11) is 0. The molecule has 8 aromatic heterocycles. The first kappa shape index (κ1) is 87.3. The van der Waals surface area contributed by atoms with Crippen molar-refractivity contribution < 1.29 is 131 Å². The minimum absolute atomic E-state index is 0. The third-order valence-corrected chi connectivity index (χ3v) is 8.59. The van der Waals surface area contributed by atoms with Crippen LogP contribution >= 0.6 is 74.5 Å². The first-order chi connectivity index (χ1) is 29.8. The molecule has 0 atom stereocenters. The number of aromatic amines is 4. The molecular formula is C48H52I6N8O8Re2-14. The minimum Gasteiger partial charge on any atom is -2.00 e.